The number of carbonyl (C=O) groups is 4. The molecule has 3 heterocycles. The summed E-state index contributed by atoms with van der Waals surface area (Å²) in [4.78, 5) is 48.8. The predicted molar refractivity (Wildman–Crippen MR) is 75.5 cm³/mol. The molecule has 0 radical (unpaired) electrons. The van der Waals surface area contributed by atoms with Gasteiger partial charge in [0.2, 0.25) is 0 Å². The van der Waals surface area contributed by atoms with Gasteiger partial charge in [-0.25, -0.2) is 0 Å². The summed E-state index contributed by atoms with van der Waals surface area (Å²) < 4.78 is 11.5. The van der Waals surface area contributed by atoms with Crippen molar-refractivity contribution in [1.29, 1.82) is 0 Å². The molecule has 3 rings (SSSR count). The van der Waals surface area contributed by atoms with E-state index >= 15 is 0 Å². The minimum Gasteiger partial charge on any atom is -0.343 e. The maximum Gasteiger partial charge on any atom is 0.253 e. The van der Waals surface area contributed by atoms with Crippen molar-refractivity contribution in [2.75, 3.05) is 13.1 Å². The molecule has 0 N–H and O–H groups in total. The third kappa shape index (κ3) is 2.95. The first-order chi connectivity index (χ1) is 10.8. The lowest BCUT2D eigenvalue weighted by Crippen LogP contribution is -2.46. The van der Waals surface area contributed by atoms with Crippen LogP contribution in [0.2, 0.25) is 0 Å². The number of imide groups is 2. The normalized spacial score (nSPS) is 29.5. The number of hydrogen-bond acceptors (Lipinski definition) is 6. The van der Waals surface area contributed by atoms with Gasteiger partial charge in [-0.1, -0.05) is 0 Å². The lowest BCUT2D eigenvalue weighted by atomic mass is 10.2. The van der Waals surface area contributed by atoms with Crippen LogP contribution in [0.3, 0.4) is 0 Å². The molecule has 8 heteroatoms. The van der Waals surface area contributed by atoms with E-state index in [1.165, 1.54) is 24.3 Å². The Bertz CT molecular complexity index is 560. The molecule has 23 heavy (non-hydrogen) atoms. The Kier molecular flexibility index (Phi) is 3.65. The molecule has 0 aromatic rings. The third-order valence-corrected chi connectivity index (χ3v) is 3.81. The van der Waals surface area contributed by atoms with Crippen LogP contribution in [0, 0.1) is 0 Å². The zero-order chi connectivity index (χ0) is 16.8. The second kappa shape index (κ2) is 5.39. The number of hydrogen-bond donors (Lipinski definition) is 0. The van der Waals surface area contributed by atoms with Gasteiger partial charge in [0.25, 0.3) is 23.6 Å². The molecule has 0 bridgehead atoms. The zero-order valence-corrected chi connectivity index (χ0v) is 12.7. The van der Waals surface area contributed by atoms with Crippen LogP contribution in [0.4, 0.5) is 0 Å². The number of ether oxygens (including phenoxy) is 2. The van der Waals surface area contributed by atoms with Gasteiger partial charge < -0.3 is 9.47 Å². The molecule has 0 aliphatic carbocycles. The molecule has 1 saturated heterocycles. The largest absolute Gasteiger partial charge is 0.343 e. The van der Waals surface area contributed by atoms with Gasteiger partial charge in [-0.2, -0.15) is 0 Å². The topological polar surface area (TPSA) is 93.2 Å². The number of rotatable bonds is 4. The summed E-state index contributed by atoms with van der Waals surface area (Å²) in [5, 5.41) is 0. The molecule has 4 amide bonds. The molecule has 3 aliphatic rings. The second-order valence-electron chi connectivity index (χ2n) is 5.95. The van der Waals surface area contributed by atoms with E-state index in [2.05, 4.69) is 0 Å². The third-order valence-electron chi connectivity index (χ3n) is 3.81. The van der Waals surface area contributed by atoms with Crippen LogP contribution >= 0.6 is 0 Å². The molecule has 0 aromatic heterocycles. The summed E-state index contributed by atoms with van der Waals surface area (Å²) in [5.74, 6) is -2.61. The van der Waals surface area contributed by atoms with Crippen molar-refractivity contribution in [3.8, 4) is 0 Å². The van der Waals surface area contributed by atoms with Crippen LogP contribution in [0.5, 0.6) is 0 Å². The summed E-state index contributed by atoms with van der Waals surface area (Å²) in [6.07, 6.45) is 3.51. The molecule has 0 unspecified atom stereocenters. The second-order valence-corrected chi connectivity index (χ2v) is 5.95. The number of carbonyl (C=O) groups excluding carboxylic acids is 4. The van der Waals surface area contributed by atoms with Gasteiger partial charge in [0, 0.05) is 24.3 Å². The van der Waals surface area contributed by atoms with E-state index in [4.69, 9.17) is 9.47 Å². The molecule has 2 atom stereocenters. The van der Waals surface area contributed by atoms with Crippen molar-refractivity contribution in [1.82, 2.24) is 9.80 Å². The monoisotopic (exact) mass is 320 g/mol. The van der Waals surface area contributed by atoms with E-state index in [-0.39, 0.29) is 13.1 Å². The van der Waals surface area contributed by atoms with E-state index in [9.17, 15) is 19.2 Å². The Morgan fingerprint density at radius 3 is 1.39 bits per heavy atom. The van der Waals surface area contributed by atoms with Crippen molar-refractivity contribution in [3.05, 3.63) is 24.3 Å². The van der Waals surface area contributed by atoms with Crippen LogP contribution < -0.4 is 0 Å². The van der Waals surface area contributed by atoms with Crippen molar-refractivity contribution >= 4 is 23.6 Å². The van der Waals surface area contributed by atoms with Gasteiger partial charge in [-0.15, -0.1) is 0 Å². The molecular weight excluding hydrogens is 304 g/mol. The van der Waals surface area contributed by atoms with Crippen molar-refractivity contribution < 1.29 is 28.7 Å². The standard InChI is InChI=1S/C15H16N2O6/c1-15(2)22-9(7-16-11(18)3-4-12(16)19)10(23-15)8-17-13(20)5-6-14(17)21/h3-6,9-10H,7-8H2,1-2H3/t9-,10+. The van der Waals surface area contributed by atoms with E-state index in [1.54, 1.807) is 13.8 Å². The average Bonchev–Trinajstić information content (AvgIpc) is 3.05. The van der Waals surface area contributed by atoms with Crippen molar-refractivity contribution in [2.45, 2.75) is 31.8 Å². The minimum atomic E-state index is -0.937. The highest BCUT2D eigenvalue weighted by Crippen LogP contribution is 2.30. The smallest absolute Gasteiger partial charge is 0.253 e. The molecular formula is C15H16N2O6. The summed E-state index contributed by atoms with van der Waals surface area (Å²) in [7, 11) is 0. The Hall–Kier alpha value is -2.32. The molecule has 3 aliphatic heterocycles. The Balaban J connectivity index is 1.72. The van der Waals surface area contributed by atoms with Gasteiger partial charge in [0.05, 0.1) is 13.1 Å². The fraction of sp³-hybridized carbons (Fsp3) is 0.467. The fourth-order valence-electron chi connectivity index (χ4n) is 2.80. The zero-order valence-electron chi connectivity index (χ0n) is 12.7. The molecule has 122 valence electrons. The van der Waals surface area contributed by atoms with Gasteiger partial charge in [0.15, 0.2) is 5.79 Å². The Morgan fingerprint density at radius 1 is 0.783 bits per heavy atom. The molecule has 0 spiro atoms. The van der Waals surface area contributed by atoms with Crippen LogP contribution in [0.15, 0.2) is 24.3 Å². The maximum absolute atomic E-state index is 11.7. The number of amides is 4. The summed E-state index contributed by atoms with van der Waals surface area (Å²) in [6, 6.07) is 0. The minimum absolute atomic E-state index is 0.00239. The molecule has 0 saturated carbocycles. The van der Waals surface area contributed by atoms with Gasteiger partial charge in [-0.3, -0.25) is 29.0 Å². The lowest BCUT2D eigenvalue weighted by Gasteiger charge is -2.24. The highest BCUT2D eigenvalue weighted by molar-refractivity contribution is 6.13. The first-order valence-electron chi connectivity index (χ1n) is 7.19. The summed E-state index contributed by atoms with van der Waals surface area (Å²) in [5.41, 5.74) is 0. The van der Waals surface area contributed by atoms with Crippen LogP contribution in [-0.2, 0) is 28.7 Å². The number of nitrogens with zero attached hydrogens (tertiary/aromatic N) is 2. The first-order valence-corrected chi connectivity index (χ1v) is 7.19. The van der Waals surface area contributed by atoms with Gasteiger partial charge in [0.1, 0.15) is 12.2 Å². The van der Waals surface area contributed by atoms with Gasteiger partial charge in [-0.05, 0) is 13.8 Å². The summed E-state index contributed by atoms with van der Waals surface area (Å²) in [6.45, 7) is 3.39. The highest BCUT2D eigenvalue weighted by atomic mass is 16.8. The van der Waals surface area contributed by atoms with Crippen molar-refractivity contribution in [3.63, 3.8) is 0 Å². The van der Waals surface area contributed by atoms with E-state index < -0.39 is 41.6 Å². The average molecular weight is 320 g/mol. The Morgan fingerprint density at radius 2 is 1.09 bits per heavy atom. The van der Waals surface area contributed by atoms with Crippen LogP contribution in [0.25, 0.3) is 0 Å². The molecule has 8 nitrogen and oxygen atoms in total. The van der Waals surface area contributed by atoms with Crippen LogP contribution in [-0.4, -0.2) is 64.5 Å². The van der Waals surface area contributed by atoms with E-state index in [1.807, 2.05) is 0 Å². The SMILES string of the molecule is CC1(C)O[C@@H](CN2C(=O)C=CC2=O)[C@@H](CN2C(=O)C=CC2=O)O1. The van der Waals surface area contributed by atoms with Crippen molar-refractivity contribution in [2.24, 2.45) is 0 Å². The maximum atomic E-state index is 11.7. The molecule has 0 aromatic carbocycles. The lowest BCUT2D eigenvalue weighted by molar-refractivity contribution is -0.155. The predicted octanol–water partition coefficient (Wildman–Crippen LogP) is -0.643. The van der Waals surface area contributed by atoms with Gasteiger partial charge >= 0.3 is 0 Å². The van der Waals surface area contributed by atoms with E-state index in [0.29, 0.717) is 0 Å². The fourth-order valence-corrected chi connectivity index (χ4v) is 2.80. The highest BCUT2D eigenvalue weighted by Gasteiger charge is 2.45. The quantitative estimate of drug-likeness (QED) is 0.640. The van der Waals surface area contributed by atoms with E-state index in [0.717, 1.165) is 9.80 Å². The first kappa shape index (κ1) is 15.6. The summed E-state index contributed by atoms with van der Waals surface area (Å²) >= 11 is 0. The Labute approximate surface area is 132 Å². The van der Waals surface area contributed by atoms with Crippen LogP contribution in [0.1, 0.15) is 13.8 Å². The molecule has 1 fully saturated rings.